The van der Waals surface area contributed by atoms with Crippen molar-refractivity contribution in [2.75, 3.05) is 26.8 Å². The van der Waals surface area contributed by atoms with E-state index in [0.29, 0.717) is 17.7 Å². The summed E-state index contributed by atoms with van der Waals surface area (Å²) in [4.78, 5) is 0. The second-order valence-corrected chi connectivity index (χ2v) is 5.46. The Morgan fingerprint density at radius 1 is 1.16 bits per heavy atom. The number of hydrogen-bond donors (Lipinski definition) is 1. The van der Waals surface area contributed by atoms with Gasteiger partial charge in [0, 0.05) is 19.7 Å². The van der Waals surface area contributed by atoms with Gasteiger partial charge in [-0.05, 0) is 42.5 Å². The predicted molar refractivity (Wildman–Crippen MR) is 73.5 cm³/mol. The van der Waals surface area contributed by atoms with Gasteiger partial charge in [0.05, 0.1) is 6.61 Å². The first kappa shape index (κ1) is 16.1. The van der Waals surface area contributed by atoms with Gasteiger partial charge < -0.3 is 10.1 Å². The summed E-state index contributed by atoms with van der Waals surface area (Å²) in [5, 5.41) is 3.24. The number of methoxy groups -OCH3 is 1. The molecule has 0 heterocycles. The van der Waals surface area contributed by atoms with Gasteiger partial charge in [0.25, 0.3) is 0 Å². The lowest BCUT2D eigenvalue weighted by Crippen LogP contribution is -2.28. The molecule has 1 N–H and O–H groups in total. The Morgan fingerprint density at radius 3 is 2.47 bits per heavy atom. The molecular weight excluding hydrogens is 248 g/mol. The third-order valence-corrected chi connectivity index (χ3v) is 3.39. The average Bonchev–Trinajstić information content (AvgIpc) is 2.33. The summed E-state index contributed by atoms with van der Waals surface area (Å²) in [7, 11) is 1.66. The summed E-state index contributed by atoms with van der Waals surface area (Å²) in [5.41, 5.74) is 0.722. The van der Waals surface area contributed by atoms with E-state index in [2.05, 4.69) is 5.32 Å². The Balaban J connectivity index is 2.68. The minimum absolute atomic E-state index is 0.331. The molecule has 0 saturated carbocycles. The average molecular weight is 271 g/mol. The molecule has 19 heavy (non-hydrogen) atoms. The maximum atomic E-state index is 13.9. The largest absolute Gasteiger partial charge is 0.383 e. The van der Waals surface area contributed by atoms with Crippen LogP contribution in [0.25, 0.3) is 0 Å². The smallest absolute Gasteiger partial charge is 0.129 e. The topological polar surface area (TPSA) is 21.3 Å². The van der Waals surface area contributed by atoms with Gasteiger partial charge in [-0.25, -0.2) is 8.78 Å². The molecule has 0 aliphatic carbocycles. The molecule has 0 unspecified atom stereocenters. The van der Waals surface area contributed by atoms with E-state index in [4.69, 9.17) is 4.74 Å². The van der Waals surface area contributed by atoms with Gasteiger partial charge in [0.2, 0.25) is 0 Å². The highest BCUT2D eigenvalue weighted by atomic mass is 19.1. The maximum Gasteiger partial charge on any atom is 0.129 e. The number of ether oxygens (including phenoxy) is 1. The third kappa shape index (κ3) is 4.55. The number of aryl methyl sites for hydroxylation is 1. The lowest BCUT2D eigenvalue weighted by molar-refractivity contribution is 0.198. The molecule has 0 aliphatic rings. The summed E-state index contributed by atoms with van der Waals surface area (Å²) in [6, 6.07) is 2.59. The van der Waals surface area contributed by atoms with E-state index in [1.54, 1.807) is 20.1 Å². The molecule has 0 radical (unpaired) electrons. The first-order valence-corrected chi connectivity index (χ1v) is 6.54. The maximum absolute atomic E-state index is 13.9. The monoisotopic (exact) mass is 271 g/mol. The molecule has 0 spiro atoms. The van der Waals surface area contributed by atoms with Crippen molar-refractivity contribution in [3.05, 3.63) is 34.9 Å². The van der Waals surface area contributed by atoms with Gasteiger partial charge in [-0.1, -0.05) is 13.8 Å². The minimum Gasteiger partial charge on any atom is -0.383 e. The predicted octanol–water partition coefficient (Wildman–Crippen LogP) is 3.18. The molecule has 0 bridgehead atoms. The SMILES string of the molecule is COCCNCCC(C)(C)c1cc(C)c(F)cc1F. The van der Waals surface area contributed by atoms with Crippen molar-refractivity contribution in [1.29, 1.82) is 0 Å². The molecule has 1 rings (SSSR count). The van der Waals surface area contributed by atoms with Gasteiger partial charge in [0.15, 0.2) is 0 Å². The van der Waals surface area contributed by atoms with E-state index in [1.807, 2.05) is 13.8 Å². The van der Waals surface area contributed by atoms with Crippen LogP contribution in [-0.4, -0.2) is 26.8 Å². The first-order chi connectivity index (χ1) is 8.88. The van der Waals surface area contributed by atoms with Crippen molar-refractivity contribution in [3.63, 3.8) is 0 Å². The van der Waals surface area contributed by atoms with Crippen LogP contribution in [0.3, 0.4) is 0 Å². The Labute approximate surface area is 114 Å². The number of hydrogen-bond acceptors (Lipinski definition) is 2. The molecule has 0 aromatic heterocycles. The zero-order valence-corrected chi connectivity index (χ0v) is 12.1. The second-order valence-electron chi connectivity index (χ2n) is 5.46. The fourth-order valence-electron chi connectivity index (χ4n) is 2.01. The van der Waals surface area contributed by atoms with Crippen molar-refractivity contribution >= 4 is 0 Å². The molecule has 1 aromatic carbocycles. The van der Waals surface area contributed by atoms with Crippen LogP contribution in [0.15, 0.2) is 12.1 Å². The van der Waals surface area contributed by atoms with Gasteiger partial charge in [-0.3, -0.25) is 0 Å². The summed E-state index contributed by atoms with van der Waals surface area (Å²) in [6.07, 6.45) is 0.776. The summed E-state index contributed by atoms with van der Waals surface area (Å²) in [6.45, 7) is 7.81. The van der Waals surface area contributed by atoms with Crippen molar-refractivity contribution in [3.8, 4) is 0 Å². The van der Waals surface area contributed by atoms with E-state index in [-0.39, 0.29) is 5.41 Å². The molecule has 2 nitrogen and oxygen atoms in total. The number of halogens is 2. The highest BCUT2D eigenvalue weighted by Gasteiger charge is 2.24. The van der Waals surface area contributed by atoms with Crippen LogP contribution >= 0.6 is 0 Å². The third-order valence-electron chi connectivity index (χ3n) is 3.39. The number of benzene rings is 1. The Hall–Kier alpha value is -1.00. The molecule has 0 aliphatic heterocycles. The van der Waals surface area contributed by atoms with Crippen LogP contribution in [0.5, 0.6) is 0 Å². The van der Waals surface area contributed by atoms with Crippen LogP contribution in [0.4, 0.5) is 8.78 Å². The van der Waals surface area contributed by atoms with Crippen LogP contribution in [0, 0.1) is 18.6 Å². The van der Waals surface area contributed by atoms with E-state index >= 15 is 0 Å². The molecule has 108 valence electrons. The van der Waals surface area contributed by atoms with Crippen LogP contribution in [0.2, 0.25) is 0 Å². The van der Waals surface area contributed by atoms with E-state index in [1.165, 1.54) is 0 Å². The lowest BCUT2D eigenvalue weighted by Gasteiger charge is -2.26. The normalized spacial score (nSPS) is 11.9. The lowest BCUT2D eigenvalue weighted by atomic mass is 9.80. The molecule has 0 fully saturated rings. The fourth-order valence-corrected chi connectivity index (χ4v) is 2.01. The van der Waals surface area contributed by atoms with E-state index < -0.39 is 11.6 Å². The standard InChI is InChI=1S/C15H23F2NO/c1-11-9-12(14(17)10-13(11)16)15(2,3)5-6-18-7-8-19-4/h9-10,18H,5-8H2,1-4H3. The highest BCUT2D eigenvalue weighted by molar-refractivity contribution is 5.31. The van der Waals surface area contributed by atoms with Crippen molar-refractivity contribution < 1.29 is 13.5 Å². The fraction of sp³-hybridized carbons (Fsp3) is 0.600. The Bertz CT molecular complexity index is 419. The first-order valence-electron chi connectivity index (χ1n) is 6.54. The van der Waals surface area contributed by atoms with Gasteiger partial charge in [-0.15, -0.1) is 0 Å². The zero-order chi connectivity index (χ0) is 14.5. The Kier molecular flexibility index (Phi) is 5.88. The quantitative estimate of drug-likeness (QED) is 0.769. The molecule has 0 saturated heterocycles. The summed E-state index contributed by atoms with van der Waals surface area (Å²) < 4.78 is 32.1. The van der Waals surface area contributed by atoms with Gasteiger partial charge >= 0.3 is 0 Å². The van der Waals surface area contributed by atoms with Gasteiger partial charge in [0.1, 0.15) is 11.6 Å². The second kappa shape index (κ2) is 6.96. The van der Waals surface area contributed by atoms with Crippen LogP contribution in [-0.2, 0) is 10.2 Å². The van der Waals surface area contributed by atoms with Crippen molar-refractivity contribution in [1.82, 2.24) is 5.32 Å². The zero-order valence-electron chi connectivity index (χ0n) is 12.1. The molecule has 4 heteroatoms. The minimum atomic E-state index is -0.490. The van der Waals surface area contributed by atoms with Crippen molar-refractivity contribution in [2.24, 2.45) is 0 Å². The molecule has 0 atom stereocenters. The molecular formula is C15H23F2NO. The summed E-state index contributed by atoms with van der Waals surface area (Å²) >= 11 is 0. The molecule has 0 amide bonds. The van der Waals surface area contributed by atoms with Crippen LogP contribution in [0.1, 0.15) is 31.4 Å². The van der Waals surface area contributed by atoms with E-state index in [9.17, 15) is 8.78 Å². The highest BCUT2D eigenvalue weighted by Crippen LogP contribution is 2.30. The Morgan fingerprint density at radius 2 is 1.84 bits per heavy atom. The van der Waals surface area contributed by atoms with E-state index in [0.717, 1.165) is 25.6 Å². The number of rotatable bonds is 7. The van der Waals surface area contributed by atoms with Crippen molar-refractivity contribution in [2.45, 2.75) is 32.6 Å². The number of nitrogens with one attached hydrogen (secondary N) is 1. The molecule has 1 aromatic rings. The van der Waals surface area contributed by atoms with Gasteiger partial charge in [-0.2, -0.15) is 0 Å². The summed E-state index contributed by atoms with van der Waals surface area (Å²) in [5.74, 6) is -0.958. The van der Waals surface area contributed by atoms with Crippen LogP contribution < -0.4 is 5.32 Å².